The molecule has 41 heavy (non-hydrogen) atoms. The van der Waals surface area contributed by atoms with Crippen molar-refractivity contribution in [2.45, 2.75) is 23.4 Å². The molecule has 0 saturated carbocycles. The van der Waals surface area contributed by atoms with Crippen molar-refractivity contribution < 1.29 is 23.9 Å². The number of aromatic nitrogens is 1. The number of benzene rings is 3. The molecule has 1 aromatic heterocycles. The van der Waals surface area contributed by atoms with Gasteiger partial charge in [-0.3, -0.25) is 14.4 Å². The number of rotatable bonds is 9. The molecule has 11 heteroatoms. The number of nitrogens with one attached hydrogen (secondary N) is 2. The van der Waals surface area contributed by atoms with E-state index in [0.29, 0.717) is 55.4 Å². The summed E-state index contributed by atoms with van der Waals surface area (Å²) in [5, 5.41) is 5.47. The van der Waals surface area contributed by atoms with Crippen molar-refractivity contribution in [3.8, 4) is 5.75 Å². The van der Waals surface area contributed by atoms with Crippen LogP contribution in [0.25, 0.3) is 10.2 Å². The molecule has 212 valence electrons. The molecule has 1 atom stereocenters. The number of fused-ring (bicyclic) bond motifs is 1. The lowest BCUT2D eigenvalue weighted by molar-refractivity contribution is -0.115. The highest BCUT2D eigenvalue weighted by Crippen LogP contribution is 2.34. The van der Waals surface area contributed by atoms with E-state index in [2.05, 4.69) is 15.6 Å². The second kappa shape index (κ2) is 13.2. The Hall–Kier alpha value is -3.93. The smallest absolute Gasteiger partial charge is 0.256 e. The van der Waals surface area contributed by atoms with E-state index in [1.807, 2.05) is 50.2 Å². The maximum atomic E-state index is 13.2. The summed E-state index contributed by atoms with van der Waals surface area (Å²) in [5.74, 6) is 0.0832. The monoisotopic (exact) mass is 590 g/mol. The third-order valence-corrected chi connectivity index (χ3v) is 8.62. The molecule has 2 heterocycles. The minimum atomic E-state index is -0.373. The first kappa shape index (κ1) is 28.6. The zero-order valence-electron chi connectivity index (χ0n) is 22.7. The molecule has 5 rings (SSSR count). The number of morpholine rings is 1. The van der Waals surface area contributed by atoms with E-state index in [4.69, 9.17) is 9.47 Å². The van der Waals surface area contributed by atoms with Crippen LogP contribution in [0.5, 0.6) is 5.75 Å². The zero-order chi connectivity index (χ0) is 28.8. The number of amides is 3. The molecule has 1 fully saturated rings. The largest absolute Gasteiger partial charge is 0.494 e. The Bertz CT molecular complexity index is 1550. The fourth-order valence-electron chi connectivity index (χ4n) is 4.28. The van der Waals surface area contributed by atoms with Gasteiger partial charge < -0.3 is 25.0 Å². The minimum absolute atomic E-state index is 0.128. The van der Waals surface area contributed by atoms with E-state index in [1.54, 1.807) is 35.2 Å². The molecule has 2 N–H and O–H groups in total. The quantitative estimate of drug-likeness (QED) is 0.246. The summed E-state index contributed by atoms with van der Waals surface area (Å²) < 4.78 is 12.4. The van der Waals surface area contributed by atoms with E-state index in [1.165, 1.54) is 23.1 Å². The van der Waals surface area contributed by atoms with Gasteiger partial charge in [0, 0.05) is 24.5 Å². The number of hydrogen-bond donors (Lipinski definition) is 2. The lowest BCUT2D eigenvalue weighted by atomic mass is 10.0. The summed E-state index contributed by atoms with van der Waals surface area (Å²) in [6, 6.07) is 19.6. The third-order valence-electron chi connectivity index (χ3n) is 6.41. The minimum Gasteiger partial charge on any atom is -0.494 e. The molecule has 3 aromatic carbocycles. The van der Waals surface area contributed by atoms with Crippen LogP contribution in [0.15, 0.2) is 71.1 Å². The molecule has 1 aliphatic heterocycles. The van der Waals surface area contributed by atoms with E-state index >= 15 is 0 Å². The van der Waals surface area contributed by atoms with Crippen LogP contribution in [-0.2, 0) is 9.53 Å². The van der Waals surface area contributed by atoms with Crippen LogP contribution < -0.4 is 15.4 Å². The number of anilines is 2. The molecule has 9 nitrogen and oxygen atoms in total. The molecule has 1 saturated heterocycles. The highest BCUT2D eigenvalue weighted by molar-refractivity contribution is 8.02. The summed E-state index contributed by atoms with van der Waals surface area (Å²) in [6.45, 7) is 6.31. The van der Waals surface area contributed by atoms with Crippen molar-refractivity contribution in [1.82, 2.24) is 9.88 Å². The lowest BCUT2D eigenvalue weighted by Crippen LogP contribution is -2.41. The number of carbonyl (C=O) groups is 3. The van der Waals surface area contributed by atoms with Gasteiger partial charge in [0.15, 0.2) is 4.34 Å². The Morgan fingerprint density at radius 2 is 1.71 bits per heavy atom. The number of thioether (sulfide) groups is 1. The van der Waals surface area contributed by atoms with Crippen LogP contribution in [0.2, 0.25) is 0 Å². The van der Waals surface area contributed by atoms with Crippen LogP contribution in [0.1, 0.15) is 34.6 Å². The predicted molar refractivity (Wildman–Crippen MR) is 162 cm³/mol. The molecule has 0 unspecified atom stereocenters. The third kappa shape index (κ3) is 7.05. The number of carbonyl (C=O) groups excluding carboxylic acids is 3. The fourth-order valence-corrected chi connectivity index (χ4v) is 6.53. The molecule has 0 aliphatic carbocycles. The summed E-state index contributed by atoms with van der Waals surface area (Å²) >= 11 is 2.83. The molecule has 3 amide bonds. The van der Waals surface area contributed by atoms with Gasteiger partial charge in [0.25, 0.3) is 11.8 Å². The Morgan fingerprint density at radius 1 is 1.00 bits per heavy atom. The van der Waals surface area contributed by atoms with Crippen molar-refractivity contribution >= 4 is 62.4 Å². The van der Waals surface area contributed by atoms with Crippen LogP contribution in [-0.4, -0.2) is 65.8 Å². The summed E-state index contributed by atoms with van der Waals surface area (Å²) in [7, 11) is 0. The maximum absolute atomic E-state index is 13.2. The summed E-state index contributed by atoms with van der Waals surface area (Å²) in [4.78, 5) is 45.4. The molecular weight excluding hydrogens is 560 g/mol. The summed E-state index contributed by atoms with van der Waals surface area (Å²) in [5.41, 5.74) is 2.75. The van der Waals surface area contributed by atoms with Gasteiger partial charge in [-0.25, -0.2) is 4.98 Å². The molecule has 1 aliphatic rings. The van der Waals surface area contributed by atoms with Gasteiger partial charge in [0.1, 0.15) is 5.75 Å². The fraction of sp³-hybridized carbons (Fsp3) is 0.267. The van der Waals surface area contributed by atoms with E-state index in [0.717, 1.165) is 20.3 Å². The number of ether oxygens (including phenoxy) is 2. The lowest BCUT2D eigenvalue weighted by Gasteiger charge is -2.27. The molecule has 0 bridgehead atoms. The summed E-state index contributed by atoms with van der Waals surface area (Å²) in [6.07, 6.45) is 0. The number of nitrogens with zero attached hydrogens (tertiary/aromatic N) is 2. The normalized spacial score (nSPS) is 14.0. The van der Waals surface area contributed by atoms with Crippen molar-refractivity contribution in [1.29, 1.82) is 0 Å². The highest BCUT2D eigenvalue weighted by Gasteiger charge is 2.23. The average molecular weight is 591 g/mol. The molecule has 0 radical (unpaired) electrons. The van der Waals surface area contributed by atoms with Gasteiger partial charge in [0.2, 0.25) is 5.91 Å². The van der Waals surface area contributed by atoms with Gasteiger partial charge in [0.05, 0.1) is 46.4 Å². The predicted octanol–water partition coefficient (Wildman–Crippen LogP) is 5.54. The first-order valence-electron chi connectivity index (χ1n) is 13.3. The Morgan fingerprint density at radius 3 is 2.44 bits per heavy atom. The van der Waals surface area contributed by atoms with Crippen molar-refractivity contribution in [2.75, 3.05) is 43.5 Å². The van der Waals surface area contributed by atoms with Crippen LogP contribution >= 0.6 is 23.1 Å². The first-order chi connectivity index (χ1) is 19.9. The van der Waals surface area contributed by atoms with Gasteiger partial charge in [-0.15, -0.1) is 11.3 Å². The van der Waals surface area contributed by atoms with Crippen molar-refractivity contribution in [2.24, 2.45) is 0 Å². The average Bonchev–Trinajstić information content (AvgIpc) is 3.39. The zero-order valence-corrected chi connectivity index (χ0v) is 24.3. The topological polar surface area (TPSA) is 110 Å². The molecular formula is C30H30N4O5S2. The first-order valence-corrected chi connectivity index (χ1v) is 15.0. The van der Waals surface area contributed by atoms with Crippen LogP contribution in [0.3, 0.4) is 0 Å². The Labute approximate surface area is 246 Å². The van der Waals surface area contributed by atoms with Crippen molar-refractivity contribution in [3.05, 3.63) is 77.9 Å². The van der Waals surface area contributed by atoms with Crippen molar-refractivity contribution in [3.63, 3.8) is 0 Å². The molecule has 0 spiro atoms. The Balaban J connectivity index is 1.23. The van der Waals surface area contributed by atoms with Gasteiger partial charge in [-0.1, -0.05) is 23.9 Å². The van der Waals surface area contributed by atoms with Gasteiger partial charge in [-0.2, -0.15) is 0 Å². The molecule has 4 aromatic rings. The van der Waals surface area contributed by atoms with E-state index in [-0.39, 0.29) is 23.0 Å². The van der Waals surface area contributed by atoms with E-state index in [9.17, 15) is 14.4 Å². The standard InChI is InChI=1S/C30H30N4O5S2/c1-3-39-22-11-8-20(9-12-22)31-27(35)19(2)40-30-33-25-13-10-21(18-26(25)41-30)32-28(36)23-6-4-5-7-24(23)29(37)34-14-16-38-17-15-34/h4-13,18-19H,3,14-17H2,1-2H3,(H,31,35)(H,32,36)/t19-/m1/s1. The Kier molecular flexibility index (Phi) is 9.17. The highest BCUT2D eigenvalue weighted by atomic mass is 32.2. The maximum Gasteiger partial charge on any atom is 0.256 e. The second-order valence-corrected chi connectivity index (χ2v) is 11.9. The second-order valence-electron chi connectivity index (χ2n) is 9.27. The SMILES string of the molecule is CCOc1ccc(NC(=O)[C@@H](C)Sc2nc3ccc(NC(=O)c4ccccc4C(=O)N4CCOCC4)cc3s2)cc1. The van der Waals surface area contributed by atoms with Gasteiger partial charge in [-0.05, 0) is 68.4 Å². The number of thiazole rings is 1. The number of hydrogen-bond acceptors (Lipinski definition) is 8. The van der Waals surface area contributed by atoms with Crippen LogP contribution in [0, 0.1) is 0 Å². The van der Waals surface area contributed by atoms with Gasteiger partial charge >= 0.3 is 0 Å². The van der Waals surface area contributed by atoms with Crippen LogP contribution in [0.4, 0.5) is 11.4 Å². The van der Waals surface area contributed by atoms with E-state index < -0.39 is 0 Å².